The van der Waals surface area contributed by atoms with Crippen LogP contribution in [0.2, 0.25) is 5.02 Å². The Hall–Kier alpha value is -2.67. The van der Waals surface area contributed by atoms with Crippen molar-refractivity contribution in [1.82, 2.24) is 0 Å². The number of nitro groups is 2. The molecular formula is C13H9ClN2O5. The molecule has 0 aromatic heterocycles. The van der Waals surface area contributed by atoms with Gasteiger partial charge in [-0.3, -0.25) is 20.2 Å². The minimum atomic E-state index is -0.727. The summed E-state index contributed by atoms with van der Waals surface area (Å²) in [5.74, 6) is -0.0504. The highest BCUT2D eigenvalue weighted by atomic mass is 35.5. The van der Waals surface area contributed by atoms with E-state index >= 15 is 0 Å². The van der Waals surface area contributed by atoms with Crippen molar-refractivity contribution in [2.24, 2.45) is 0 Å². The van der Waals surface area contributed by atoms with Gasteiger partial charge >= 0.3 is 5.69 Å². The molecule has 7 nitrogen and oxygen atoms in total. The lowest BCUT2D eigenvalue weighted by molar-refractivity contribution is -0.394. The highest BCUT2D eigenvalue weighted by Crippen LogP contribution is 2.32. The number of ether oxygens (including phenoxy) is 1. The number of hydrogen-bond donors (Lipinski definition) is 0. The van der Waals surface area contributed by atoms with E-state index in [-0.39, 0.29) is 18.0 Å². The average Bonchev–Trinajstić information content (AvgIpc) is 2.46. The van der Waals surface area contributed by atoms with Gasteiger partial charge in [-0.25, -0.2) is 0 Å². The van der Waals surface area contributed by atoms with E-state index in [0.717, 1.165) is 12.1 Å². The summed E-state index contributed by atoms with van der Waals surface area (Å²) in [4.78, 5) is 20.2. The molecule has 0 aliphatic carbocycles. The van der Waals surface area contributed by atoms with E-state index in [1.165, 1.54) is 6.07 Å². The third-order valence-electron chi connectivity index (χ3n) is 2.69. The average molecular weight is 309 g/mol. The molecule has 0 atom stereocenters. The van der Waals surface area contributed by atoms with Crippen molar-refractivity contribution >= 4 is 23.0 Å². The fraction of sp³-hybridized carbons (Fsp3) is 0.0769. The molecular weight excluding hydrogens is 300 g/mol. The Balaban J connectivity index is 2.26. The number of hydrogen-bond acceptors (Lipinski definition) is 5. The molecule has 0 unspecified atom stereocenters. The summed E-state index contributed by atoms with van der Waals surface area (Å²) in [5.41, 5.74) is -0.171. The first-order valence-corrected chi connectivity index (χ1v) is 6.16. The van der Waals surface area contributed by atoms with Crippen LogP contribution in [-0.2, 0) is 6.61 Å². The fourth-order valence-corrected chi connectivity index (χ4v) is 1.85. The molecule has 21 heavy (non-hydrogen) atoms. The van der Waals surface area contributed by atoms with Gasteiger partial charge in [-0.1, -0.05) is 29.8 Å². The first kappa shape index (κ1) is 14.7. The normalized spacial score (nSPS) is 10.1. The molecule has 2 rings (SSSR count). The molecule has 0 fully saturated rings. The lowest BCUT2D eigenvalue weighted by atomic mass is 10.2. The molecule has 0 spiro atoms. The van der Waals surface area contributed by atoms with Crippen molar-refractivity contribution in [2.45, 2.75) is 6.61 Å². The van der Waals surface area contributed by atoms with E-state index in [0.29, 0.717) is 10.6 Å². The number of benzene rings is 2. The second-order valence-corrected chi connectivity index (χ2v) is 4.45. The van der Waals surface area contributed by atoms with Gasteiger partial charge in [0.1, 0.15) is 6.61 Å². The van der Waals surface area contributed by atoms with Crippen LogP contribution in [0.5, 0.6) is 5.75 Å². The minimum absolute atomic E-state index is 0.0261. The van der Waals surface area contributed by atoms with E-state index < -0.39 is 15.5 Å². The van der Waals surface area contributed by atoms with E-state index in [2.05, 4.69) is 0 Å². The molecule has 2 aromatic rings. The number of nitro benzene ring substituents is 2. The van der Waals surface area contributed by atoms with E-state index in [9.17, 15) is 20.2 Å². The third kappa shape index (κ3) is 3.46. The Labute approximate surface area is 124 Å². The van der Waals surface area contributed by atoms with Gasteiger partial charge in [0, 0.05) is 16.7 Å². The predicted octanol–water partition coefficient (Wildman–Crippen LogP) is 3.74. The van der Waals surface area contributed by atoms with Crippen molar-refractivity contribution in [3.05, 3.63) is 73.3 Å². The quantitative estimate of drug-likeness (QED) is 0.619. The van der Waals surface area contributed by atoms with Gasteiger partial charge in [0.25, 0.3) is 5.69 Å². The standard InChI is InChI=1S/C13H9ClN2O5/c14-11-4-2-1-3-9(11)8-21-13-6-5-10(15(17)18)7-12(13)16(19)20/h1-7H,8H2. The maximum absolute atomic E-state index is 11.0. The van der Waals surface area contributed by atoms with Gasteiger partial charge in [-0.15, -0.1) is 0 Å². The number of nitrogens with zero attached hydrogens (tertiary/aromatic N) is 2. The summed E-state index contributed by atoms with van der Waals surface area (Å²) in [6.07, 6.45) is 0. The van der Waals surface area contributed by atoms with Crippen molar-refractivity contribution in [3.63, 3.8) is 0 Å². The Kier molecular flexibility index (Phi) is 4.34. The molecule has 108 valence electrons. The Morgan fingerprint density at radius 2 is 1.76 bits per heavy atom. The molecule has 0 amide bonds. The van der Waals surface area contributed by atoms with Crippen LogP contribution in [0, 0.1) is 20.2 Å². The van der Waals surface area contributed by atoms with Gasteiger partial charge < -0.3 is 4.74 Å². The molecule has 0 N–H and O–H groups in total. The molecule has 0 saturated carbocycles. The summed E-state index contributed by atoms with van der Waals surface area (Å²) in [7, 11) is 0. The largest absolute Gasteiger partial charge is 0.482 e. The van der Waals surface area contributed by atoms with E-state index in [1.807, 2.05) is 0 Å². The monoisotopic (exact) mass is 308 g/mol. The molecule has 0 bridgehead atoms. The first-order chi connectivity index (χ1) is 9.99. The SMILES string of the molecule is O=[N+]([O-])c1ccc(OCc2ccccc2Cl)c([N+](=O)[O-])c1. The van der Waals surface area contributed by atoms with Gasteiger partial charge in [-0.2, -0.15) is 0 Å². The Bertz CT molecular complexity index is 705. The van der Waals surface area contributed by atoms with Gasteiger partial charge in [0.2, 0.25) is 0 Å². The zero-order valence-electron chi connectivity index (χ0n) is 10.6. The fourth-order valence-electron chi connectivity index (χ4n) is 1.66. The van der Waals surface area contributed by atoms with Crippen LogP contribution in [0.25, 0.3) is 0 Å². The van der Waals surface area contributed by atoms with Gasteiger partial charge in [-0.05, 0) is 12.1 Å². The van der Waals surface area contributed by atoms with Crippen LogP contribution in [0.1, 0.15) is 5.56 Å². The second kappa shape index (κ2) is 6.19. The Morgan fingerprint density at radius 1 is 1.05 bits per heavy atom. The first-order valence-electron chi connectivity index (χ1n) is 5.78. The molecule has 8 heteroatoms. The highest BCUT2D eigenvalue weighted by molar-refractivity contribution is 6.31. The summed E-state index contributed by atoms with van der Waals surface area (Å²) in [6.45, 7) is 0.0261. The molecule has 0 aliphatic heterocycles. The topological polar surface area (TPSA) is 95.5 Å². The lowest BCUT2D eigenvalue weighted by Crippen LogP contribution is -2.00. The highest BCUT2D eigenvalue weighted by Gasteiger charge is 2.20. The summed E-state index contributed by atoms with van der Waals surface area (Å²) < 4.78 is 5.35. The summed E-state index contributed by atoms with van der Waals surface area (Å²) in [5, 5.41) is 22.1. The molecule has 0 saturated heterocycles. The number of halogens is 1. The maximum Gasteiger partial charge on any atom is 0.317 e. The van der Waals surface area contributed by atoms with Gasteiger partial charge in [0.05, 0.1) is 15.9 Å². The summed E-state index contributed by atoms with van der Waals surface area (Å²) in [6, 6.07) is 10.1. The van der Waals surface area contributed by atoms with Crippen molar-refractivity contribution in [1.29, 1.82) is 0 Å². The maximum atomic E-state index is 11.0. The van der Waals surface area contributed by atoms with Crippen molar-refractivity contribution in [2.75, 3.05) is 0 Å². The third-order valence-corrected chi connectivity index (χ3v) is 3.06. The number of non-ortho nitro benzene ring substituents is 1. The molecule has 0 radical (unpaired) electrons. The zero-order valence-corrected chi connectivity index (χ0v) is 11.3. The minimum Gasteiger partial charge on any atom is -0.482 e. The van der Waals surface area contributed by atoms with Crippen LogP contribution in [0.3, 0.4) is 0 Å². The Morgan fingerprint density at radius 3 is 2.38 bits per heavy atom. The lowest BCUT2D eigenvalue weighted by Gasteiger charge is -2.08. The summed E-state index contributed by atoms with van der Waals surface area (Å²) >= 11 is 5.96. The molecule has 0 aliphatic rings. The van der Waals surface area contributed by atoms with Crippen LogP contribution < -0.4 is 4.74 Å². The van der Waals surface area contributed by atoms with Crippen LogP contribution >= 0.6 is 11.6 Å². The van der Waals surface area contributed by atoms with E-state index in [4.69, 9.17) is 16.3 Å². The van der Waals surface area contributed by atoms with Crippen LogP contribution in [0.15, 0.2) is 42.5 Å². The zero-order chi connectivity index (χ0) is 15.4. The molecule has 2 aromatic carbocycles. The van der Waals surface area contributed by atoms with Crippen molar-refractivity contribution in [3.8, 4) is 5.75 Å². The predicted molar refractivity (Wildman–Crippen MR) is 75.5 cm³/mol. The van der Waals surface area contributed by atoms with Crippen LogP contribution in [0.4, 0.5) is 11.4 Å². The van der Waals surface area contributed by atoms with Gasteiger partial charge in [0.15, 0.2) is 5.75 Å². The molecule has 0 heterocycles. The second-order valence-electron chi connectivity index (χ2n) is 4.05. The smallest absolute Gasteiger partial charge is 0.317 e. The van der Waals surface area contributed by atoms with Crippen LogP contribution in [-0.4, -0.2) is 9.85 Å². The van der Waals surface area contributed by atoms with Crippen molar-refractivity contribution < 1.29 is 14.6 Å². The number of rotatable bonds is 5. The van der Waals surface area contributed by atoms with E-state index in [1.54, 1.807) is 24.3 Å².